The SMILES string of the molecule is COc1cc(C(=O)N[C@H](C)CO)cc(OC)c1Br. The average Bonchev–Trinajstić information content (AvgIpc) is 2.38. The van der Waals surface area contributed by atoms with Gasteiger partial charge in [-0.3, -0.25) is 4.79 Å². The van der Waals surface area contributed by atoms with Crippen LogP contribution in [0.5, 0.6) is 11.5 Å². The molecule has 0 aromatic heterocycles. The van der Waals surface area contributed by atoms with Crippen LogP contribution < -0.4 is 14.8 Å². The highest BCUT2D eigenvalue weighted by Crippen LogP contribution is 2.35. The number of halogens is 1. The van der Waals surface area contributed by atoms with Crippen LogP contribution in [0.3, 0.4) is 0 Å². The lowest BCUT2D eigenvalue weighted by Crippen LogP contribution is -2.35. The zero-order valence-corrected chi connectivity index (χ0v) is 12.1. The minimum atomic E-state index is -0.307. The zero-order valence-electron chi connectivity index (χ0n) is 10.5. The number of methoxy groups -OCH3 is 2. The number of aliphatic hydroxyl groups is 1. The van der Waals surface area contributed by atoms with Gasteiger partial charge in [0.25, 0.3) is 5.91 Å². The highest BCUT2D eigenvalue weighted by atomic mass is 79.9. The number of benzene rings is 1. The first-order chi connectivity index (χ1) is 8.53. The first-order valence-corrected chi connectivity index (χ1v) is 6.16. The summed E-state index contributed by atoms with van der Waals surface area (Å²) in [5.74, 6) is 0.730. The van der Waals surface area contributed by atoms with Gasteiger partial charge < -0.3 is 19.9 Å². The summed E-state index contributed by atoms with van der Waals surface area (Å²) in [6, 6.07) is 2.90. The molecule has 18 heavy (non-hydrogen) atoms. The van der Waals surface area contributed by atoms with Crippen LogP contribution in [0.4, 0.5) is 0 Å². The van der Waals surface area contributed by atoms with E-state index in [0.717, 1.165) is 0 Å². The van der Waals surface area contributed by atoms with Crippen LogP contribution in [0.1, 0.15) is 17.3 Å². The molecule has 0 unspecified atom stereocenters. The molecule has 2 N–H and O–H groups in total. The van der Waals surface area contributed by atoms with Gasteiger partial charge in [-0.15, -0.1) is 0 Å². The Kier molecular flexibility index (Phi) is 5.43. The molecule has 1 atom stereocenters. The summed E-state index contributed by atoms with van der Waals surface area (Å²) in [6.07, 6.45) is 0. The number of aliphatic hydroxyl groups excluding tert-OH is 1. The van der Waals surface area contributed by atoms with Crippen LogP contribution in [0.25, 0.3) is 0 Å². The lowest BCUT2D eigenvalue weighted by Gasteiger charge is -2.14. The maximum absolute atomic E-state index is 11.9. The van der Waals surface area contributed by atoms with Crippen LogP contribution >= 0.6 is 15.9 Å². The largest absolute Gasteiger partial charge is 0.495 e. The normalized spacial score (nSPS) is 11.8. The van der Waals surface area contributed by atoms with Crippen molar-refractivity contribution in [2.75, 3.05) is 20.8 Å². The van der Waals surface area contributed by atoms with Crippen LogP contribution in [-0.4, -0.2) is 37.9 Å². The predicted molar refractivity (Wildman–Crippen MR) is 71.3 cm³/mol. The van der Waals surface area contributed by atoms with Crippen molar-refractivity contribution in [2.24, 2.45) is 0 Å². The number of carbonyl (C=O) groups is 1. The molecule has 0 aliphatic carbocycles. The van der Waals surface area contributed by atoms with Crippen LogP contribution in [0.2, 0.25) is 0 Å². The third-order valence-corrected chi connectivity index (χ3v) is 3.14. The van der Waals surface area contributed by atoms with E-state index in [-0.39, 0.29) is 18.6 Å². The van der Waals surface area contributed by atoms with Crippen molar-refractivity contribution in [1.82, 2.24) is 5.32 Å². The van der Waals surface area contributed by atoms with Gasteiger partial charge in [0, 0.05) is 11.6 Å². The molecule has 1 rings (SSSR count). The van der Waals surface area contributed by atoms with Crippen molar-refractivity contribution in [3.63, 3.8) is 0 Å². The highest BCUT2D eigenvalue weighted by Gasteiger charge is 2.15. The van der Waals surface area contributed by atoms with E-state index in [4.69, 9.17) is 14.6 Å². The fraction of sp³-hybridized carbons (Fsp3) is 0.417. The van der Waals surface area contributed by atoms with Crippen molar-refractivity contribution in [1.29, 1.82) is 0 Å². The molecule has 1 aromatic rings. The minimum absolute atomic E-state index is 0.115. The van der Waals surface area contributed by atoms with Gasteiger partial charge in [-0.1, -0.05) is 0 Å². The molecule has 100 valence electrons. The van der Waals surface area contributed by atoms with E-state index in [9.17, 15) is 4.79 Å². The molecular weight excluding hydrogens is 302 g/mol. The number of hydrogen-bond acceptors (Lipinski definition) is 4. The third-order valence-electron chi connectivity index (χ3n) is 2.36. The molecule has 0 radical (unpaired) electrons. The van der Waals surface area contributed by atoms with E-state index in [2.05, 4.69) is 21.2 Å². The summed E-state index contributed by atoms with van der Waals surface area (Å²) >= 11 is 3.33. The van der Waals surface area contributed by atoms with Gasteiger partial charge in [-0.05, 0) is 35.0 Å². The molecule has 0 bridgehead atoms. The average molecular weight is 318 g/mol. The Morgan fingerprint density at radius 3 is 2.28 bits per heavy atom. The summed E-state index contributed by atoms with van der Waals surface area (Å²) in [5, 5.41) is 11.6. The van der Waals surface area contributed by atoms with Gasteiger partial charge in [0.15, 0.2) is 0 Å². The van der Waals surface area contributed by atoms with E-state index in [1.165, 1.54) is 14.2 Å². The maximum Gasteiger partial charge on any atom is 0.251 e. The molecule has 0 aliphatic rings. The topological polar surface area (TPSA) is 67.8 Å². The van der Waals surface area contributed by atoms with Gasteiger partial charge in [0.05, 0.1) is 20.8 Å². The molecule has 0 fully saturated rings. The molecular formula is C12H16BrNO4. The number of amides is 1. The lowest BCUT2D eigenvalue weighted by molar-refractivity contribution is 0.0921. The van der Waals surface area contributed by atoms with E-state index < -0.39 is 0 Å². The van der Waals surface area contributed by atoms with Crippen LogP contribution in [0, 0.1) is 0 Å². The third kappa shape index (κ3) is 3.36. The molecule has 6 heteroatoms. The molecule has 0 heterocycles. The Hall–Kier alpha value is -1.27. The summed E-state index contributed by atoms with van der Waals surface area (Å²) in [5.41, 5.74) is 0.409. The van der Waals surface area contributed by atoms with Crippen molar-refractivity contribution in [3.8, 4) is 11.5 Å². The first kappa shape index (κ1) is 14.8. The second-order valence-corrected chi connectivity index (χ2v) is 4.54. The van der Waals surface area contributed by atoms with Gasteiger partial charge >= 0.3 is 0 Å². The molecule has 0 saturated carbocycles. The zero-order chi connectivity index (χ0) is 13.7. The van der Waals surface area contributed by atoms with E-state index >= 15 is 0 Å². The number of carbonyl (C=O) groups excluding carboxylic acids is 1. The quantitative estimate of drug-likeness (QED) is 0.865. The van der Waals surface area contributed by atoms with Crippen molar-refractivity contribution in [3.05, 3.63) is 22.2 Å². The monoisotopic (exact) mass is 317 g/mol. The molecule has 0 saturated heterocycles. The van der Waals surface area contributed by atoms with E-state index in [1.807, 2.05) is 0 Å². The highest BCUT2D eigenvalue weighted by molar-refractivity contribution is 9.10. The van der Waals surface area contributed by atoms with E-state index in [1.54, 1.807) is 19.1 Å². The molecule has 1 aromatic carbocycles. The maximum atomic E-state index is 11.9. The summed E-state index contributed by atoms with van der Waals surface area (Å²) in [7, 11) is 3.02. The minimum Gasteiger partial charge on any atom is -0.495 e. The standard InChI is InChI=1S/C12H16BrNO4/c1-7(6-15)14-12(16)8-4-9(17-2)11(13)10(5-8)18-3/h4-5,7,15H,6H2,1-3H3,(H,14,16)/t7-/m1/s1. The summed E-state index contributed by atoms with van der Waals surface area (Å²) in [6.45, 7) is 1.60. The number of nitrogens with one attached hydrogen (secondary N) is 1. The summed E-state index contributed by atoms with van der Waals surface area (Å²) in [4.78, 5) is 11.9. The Morgan fingerprint density at radius 1 is 1.39 bits per heavy atom. The smallest absolute Gasteiger partial charge is 0.251 e. The van der Waals surface area contributed by atoms with Crippen molar-refractivity contribution < 1.29 is 19.4 Å². The molecule has 1 amide bonds. The number of ether oxygens (including phenoxy) is 2. The first-order valence-electron chi connectivity index (χ1n) is 5.36. The number of rotatable bonds is 5. The second-order valence-electron chi connectivity index (χ2n) is 3.75. The number of hydrogen-bond donors (Lipinski definition) is 2. The fourth-order valence-electron chi connectivity index (χ4n) is 1.35. The fourth-order valence-corrected chi connectivity index (χ4v) is 1.91. The van der Waals surface area contributed by atoms with Gasteiger partial charge in [0.1, 0.15) is 16.0 Å². The Labute approximate surface area is 114 Å². The van der Waals surface area contributed by atoms with Crippen LogP contribution in [-0.2, 0) is 0 Å². The molecule has 0 aliphatic heterocycles. The van der Waals surface area contributed by atoms with E-state index in [0.29, 0.717) is 21.5 Å². The Morgan fingerprint density at radius 2 is 1.89 bits per heavy atom. The molecule has 5 nitrogen and oxygen atoms in total. The van der Waals surface area contributed by atoms with Crippen molar-refractivity contribution >= 4 is 21.8 Å². The summed E-state index contributed by atoms with van der Waals surface area (Å²) < 4.78 is 11.0. The van der Waals surface area contributed by atoms with Gasteiger partial charge in [-0.2, -0.15) is 0 Å². The van der Waals surface area contributed by atoms with Crippen molar-refractivity contribution in [2.45, 2.75) is 13.0 Å². The Balaban J connectivity index is 3.05. The lowest BCUT2D eigenvalue weighted by atomic mass is 10.1. The predicted octanol–water partition coefficient (Wildman–Crippen LogP) is 1.58. The van der Waals surface area contributed by atoms with Gasteiger partial charge in [0.2, 0.25) is 0 Å². The Bertz CT molecular complexity index is 411. The van der Waals surface area contributed by atoms with Crippen LogP contribution in [0.15, 0.2) is 16.6 Å². The second kappa shape index (κ2) is 6.61. The molecule has 0 spiro atoms. The van der Waals surface area contributed by atoms with Gasteiger partial charge in [-0.25, -0.2) is 0 Å².